The summed E-state index contributed by atoms with van der Waals surface area (Å²) < 4.78 is 1.70. The van der Waals surface area contributed by atoms with E-state index in [0.717, 1.165) is 5.69 Å². The van der Waals surface area contributed by atoms with Gasteiger partial charge in [0, 0.05) is 30.7 Å². The van der Waals surface area contributed by atoms with Gasteiger partial charge in [-0.1, -0.05) is 23.2 Å². The van der Waals surface area contributed by atoms with E-state index >= 15 is 0 Å². The predicted molar refractivity (Wildman–Crippen MR) is 106 cm³/mol. The van der Waals surface area contributed by atoms with Gasteiger partial charge in [0.25, 0.3) is 5.91 Å². The highest BCUT2D eigenvalue weighted by Crippen LogP contribution is 2.25. The number of nitrogens with zero attached hydrogens (tertiary/aromatic N) is 3. The third-order valence-corrected chi connectivity index (χ3v) is 4.55. The van der Waals surface area contributed by atoms with E-state index < -0.39 is 0 Å². The highest BCUT2D eigenvalue weighted by molar-refractivity contribution is 6.42. The summed E-state index contributed by atoms with van der Waals surface area (Å²) in [7, 11) is 1.57. The van der Waals surface area contributed by atoms with Crippen molar-refractivity contribution in [2.24, 2.45) is 0 Å². The fourth-order valence-electron chi connectivity index (χ4n) is 2.46. The summed E-state index contributed by atoms with van der Waals surface area (Å²) in [4.78, 5) is 26.0. The van der Waals surface area contributed by atoms with Crippen molar-refractivity contribution in [3.8, 4) is 5.69 Å². The van der Waals surface area contributed by atoms with E-state index in [2.05, 4.69) is 10.4 Å². The summed E-state index contributed by atoms with van der Waals surface area (Å²) in [5.41, 5.74) is 1.84. The van der Waals surface area contributed by atoms with E-state index in [1.165, 1.54) is 4.90 Å². The van der Waals surface area contributed by atoms with Crippen molar-refractivity contribution in [2.45, 2.75) is 0 Å². The fourth-order valence-corrected chi connectivity index (χ4v) is 2.76. The van der Waals surface area contributed by atoms with E-state index in [0.29, 0.717) is 21.3 Å². The van der Waals surface area contributed by atoms with Crippen molar-refractivity contribution in [1.82, 2.24) is 14.7 Å². The van der Waals surface area contributed by atoms with Crippen LogP contribution >= 0.6 is 23.2 Å². The molecule has 0 radical (unpaired) electrons. The van der Waals surface area contributed by atoms with E-state index in [-0.39, 0.29) is 18.4 Å². The molecule has 0 aliphatic rings. The minimum Gasteiger partial charge on any atom is -0.332 e. The first-order valence-corrected chi connectivity index (χ1v) is 8.80. The van der Waals surface area contributed by atoms with Crippen LogP contribution in [0.2, 0.25) is 10.0 Å². The summed E-state index contributed by atoms with van der Waals surface area (Å²) in [6, 6.07) is 13.6. The average Bonchev–Trinajstić information content (AvgIpc) is 3.19. The van der Waals surface area contributed by atoms with Crippen LogP contribution in [-0.4, -0.2) is 40.1 Å². The maximum absolute atomic E-state index is 12.5. The highest BCUT2D eigenvalue weighted by atomic mass is 35.5. The number of likely N-dealkylation sites (N-methyl/N-ethyl adjacent to an activating group) is 1. The number of hydrogen-bond acceptors (Lipinski definition) is 3. The van der Waals surface area contributed by atoms with Gasteiger partial charge in [-0.15, -0.1) is 0 Å². The Morgan fingerprint density at radius 1 is 1.11 bits per heavy atom. The van der Waals surface area contributed by atoms with Crippen LogP contribution in [0.4, 0.5) is 5.69 Å². The Balaban J connectivity index is 1.61. The molecule has 27 heavy (non-hydrogen) atoms. The molecule has 2 amide bonds. The molecular formula is C19H16Cl2N4O2. The van der Waals surface area contributed by atoms with Crippen molar-refractivity contribution < 1.29 is 9.59 Å². The lowest BCUT2D eigenvalue weighted by Crippen LogP contribution is -2.34. The Morgan fingerprint density at radius 3 is 2.48 bits per heavy atom. The molecule has 0 fully saturated rings. The molecule has 0 spiro atoms. The van der Waals surface area contributed by atoms with Crippen LogP contribution in [0, 0.1) is 0 Å². The number of carbonyl (C=O) groups is 2. The zero-order valence-corrected chi connectivity index (χ0v) is 15.9. The van der Waals surface area contributed by atoms with Gasteiger partial charge >= 0.3 is 0 Å². The lowest BCUT2D eigenvalue weighted by atomic mass is 10.2. The minimum atomic E-state index is -0.336. The highest BCUT2D eigenvalue weighted by Gasteiger charge is 2.15. The van der Waals surface area contributed by atoms with Crippen molar-refractivity contribution in [3.63, 3.8) is 0 Å². The van der Waals surface area contributed by atoms with E-state index in [1.54, 1.807) is 60.4 Å². The minimum absolute atomic E-state index is 0.0972. The fraction of sp³-hybridized carbons (Fsp3) is 0.105. The molecule has 0 bridgehead atoms. The third kappa shape index (κ3) is 4.67. The first-order valence-electron chi connectivity index (χ1n) is 8.04. The Morgan fingerprint density at radius 2 is 1.85 bits per heavy atom. The Kier molecular flexibility index (Phi) is 5.78. The molecule has 0 unspecified atom stereocenters. The molecule has 0 aliphatic carbocycles. The molecule has 3 aromatic rings. The van der Waals surface area contributed by atoms with E-state index in [9.17, 15) is 9.59 Å². The molecule has 0 saturated heterocycles. The third-order valence-electron chi connectivity index (χ3n) is 3.81. The zero-order chi connectivity index (χ0) is 19.4. The number of amides is 2. The van der Waals surface area contributed by atoms with Crippen molar-refractivity contribution >= 4 is 40.7 Å². The smallest absolute Gasteiger partial charge is 0.254 e. The van der Waals surface area contributed by atoms with Crippen molar-refractivity contribution in [3.05, 3.63) is 76.5 Å². The molecule has 0 aliphatic heterocycles. The number of aromatic nitrogens is 2. The maximum Gasteiger partial charge on any atom is 0.254 e. The summed E-state index contributed by atoms with van der Waals surface area (Å²) in [6.07, 6.45) is 3.50. The molecule has 1 aromatic heterocycles. The molecular weight excluding hydrogens is 387 g/mol. The number of hydrogen-bond donors (Lipinski definition) is 1. The molecule has 0 atom stereocenters. The standard InChI is InChI=1S/C19H16Cl2N4O2/c1-24(12-18(26)23-14-5-8-16(20)17(21)11-14)19(27)13-3-6-15(7-4-13)25-10-2-9-22-25/h2-11H,12H2,1H3,(H,23,26). The topological polar surface area (TPSA) is 67.2 Å². The molecule has 1 N–H and O–H groups in total. The zero-order valence-electron chi connectivity index (χ0n) is 14.4. The SMILES string of the molecule is CN(CC(=O)Nc1ccc(Cl)c(Cl)c1)C(=O)c1ccc(-n2cccn2)cc1. The average molecular weight is 403 g/mol. The van der Waals surface area contributed by atoms with Crippen molar-refractivity contribution in [2.75, 3.05) is 18.9 Å². The Hall–Kier alpha value is -2.83. The Bertz CT molecular complexity index is 956. The molecule has 2 aromatic carbocycles. The van der Waals surface area contributed by atoms with Gasteiger partial charge in [-0.3, -0.25) is 9.59 Å². The number of rotatable bonds is 5. The van der Waals surface area contributed by atoms with E-state index in [1.807, 2.05) is 12.3 Å². The Labute approximate surface area is 166 Å². The lowest BCUT2D eigenvalue weighted by Gasteiger charge is -2.17. The summed E-state index contributed by atoms with van der Waals surface area (Å²) in [6.45, 7) is -0.0972. The van der Waals surface area contributed by atoms with Gasteiger partial charge in [0.15, 0.2) is 0 Å². The summed E-state index contributed by atoms with van der Waals surface area (Å²) >= 11 is 11.8. The number of halogens is 2. The van der Waals surface area contributed by atoms with Gasteiger partial charge in [0.1, 0.15) is 0 Å². The summed E-state index contributed by atoms with van der Waals surface area (Å²) in [5.74, 6) is -0.594. The monoisotopic (exact) mass is 402 g/mol. The second-order valence-electron chi connectivity index (χ2n) is 5.84. The lowest BCUT2D eigenvalue weighted by molar-refractivity contribution is -0.116. The maximum atomic E-state index is 12.5. The van der Waals surface area contributed by atoms with Crippen molar-refractivity contribution in [1.29, 1.82) is 0 Å². The van der Waals surface area contributed by atoms with Crippen LogP contribution in [0.3, 0.4) is 0 Å². The summed E-state index contributed by atoms with van der Waals surface area (Å²) in [5, 5.41) is 7.57. The second kappa shape index (κ2) is 8.24. The first-order chi connectivity index (χ1) is 12.9. The quantitative estimate of drug-likeness (QED) is 0.703. The first kappa shape index (κ1) is 18.9. The van der Waals surface area contributed by atoms with Gasteiger partial charge < -0.3 is 10.2 Å². The van der Waals surface area contributed by atoms with Crippen LogP contribution in [0.1, 0.15) is 10.4 Å². The predicted octanol–water partition coefficient (Wildman–Crippen LogP) is 3.89. The van der Waals surface area contributed by atoms with E-state index in [4.69, 9.17) is 23.2 Å². The second-order valence-corrected chi connectivity index (χ2v) is 6.65. The normalized spacial score (nSPS) is 10.5. The van der Waals surface area contributed by atoms with Gasteiger partial charge in [-0.2, -0.15) is 5.10 Å². The van der Waals surface area contributed by atoms with Crippen LogP contribution in [-0.2, 0) is 4.79 Å². The molecule has 0 saturated carbocycles. The molecule has 6 nitrogen and oxygen atoms in total. The molecule has 138 valence electrons. The van der Waals surface area contributed by atoms with Crippen LogP contribution in [0.25, 0.3) is 5.69 Å². The van der Waals surface area contributed by atoms with Gasteiger partial charge in [0.2, 0.25) is 5.91 Å². The molecule has 3 rings (SSSR count). The van der Waals surface area contributed by atoms with Gasteiger partial charge in [0.05, 0.1) is 22.3 Å². The molecule has 8 heteroatoms. The van der Waals surface area contributed by atoms with Crippen LogP contribution < -0.4 is 5.32 Å². The number of nitrogens with one attached hydrogen (secondary N) is 1. The molecule has 1 heterocycles. The number of anilines is 1. The van der Waals surface area contributed by atoms with Crippen LogP contribution in [0.5, 0.6) is 0 Å². The van der Waals surface area contributed by atoms with Gasteiger partial charge in [-0.25, -0.2) is 4.68 Å². The van der Waals surface area contributed by atoms with Gasteiger partial charge in [-0.05, 0) is 48.5 Å². The largest absolute Gasteiger partial charge is 0.332 e. The number of carbonyl (C=O) groups excluding carboxylic acids is 2. The van der Waals surface area contributed by atoms with Crippen LogP contribution in [0.15, 0.2) is 60.9 Å². The number of benzene rings is 2.